The number of amides is 1. The maximum absolute atomic E-state index is 12.8. The van der Waals surface area contributed by atoms with E-state index in [9.17, 15) is 9.18 Å². The smallest absolute Gasteiger partial charge is 0.228 e. The van der Waals surface area contributed by atoms with Crippen molar-refractivity contribution in [3.63, 3.8) is 0 Å². The maximum Gasteiger partial charge on any atom is 0.228 e. The standard InChI is InChI=1S/C15H13BrFNO/c1-10-2-5-12(16)9-14(10)18-15(19)8-11-3-6-13(17)7-4-11/h2-7,9H,8H2,1H3,(H,18,19). The first kappa shape index (κ1) is 13.7. The molecule has 0 fully saturated rings. The van der Waals surface area contributed by atoms with Crippen LogP contribution in [0.5, 0.6) is 0 Å². The molecular weight excluding hydrogens is 309 g/mol. The largest absolute Gasteiger partial charge is 0.326 e. The molecule has 1 N–H and O–H groups in total. The van der Waals surface area contributed by atoms with Crippen LogP contribution < -0.4 is 5.32 Å². The van der Waals surface area contributed by atoms with Crippen LogP contribution in [0, 0.1) is 12.7 Å². The molecule has 2 rings (SSSR count). The Kier molecular flexibility index (Phi) is 4.32. The number of rotatable bonds is 3. The van der Waals surface area contributed by atoms with Gasteiger partial charge in [0.2, 0.25) is 5.91 Å². The zero-order valence-corrected chi connectivity index (χ0v) is 12.0. The maximum atomic E-state index is 12.8. The predicted octanol–water partition coefficient (Wildman–Crippen LogP) is 4.08. The Hall–Kier alpha value is -1.68. The third kappa shape index (κ3) is 3.89. The average molecular weight is 322 g/mol. The molecule has 0 aromatic heterocycles. The Morgan fingerprint density at radius 2 is 1.89 bits per heavy atom. The molecule has 0 radical (unpaired) electrons. The second-order valence-electron chi connectivity index (χ2n) is 4.31. The highest BCUT2D eigenvalue weighted by atomic mass is 79.9. The molecule has 0 aliphatic carbocycles. The zero-order chi connectivity index (χ0) is 13.8. The molecule has 19 heavy (non-hydrogen) atoms. The van der Waals surface area contributed by atoms with E-state index in [0.717, 1.165) is 21.3 Å². The quantitative estimate of drug-likeness (QED) is 0.906. The molecule has 2 nitrogen and oxygen atoms in total. The Morgan fingerprint density at radius 1 is 1.21 bits per heavy atom. The molecule has 2 aromatic rings. The van der Waals surface area contributed by atoms with Crippen LogP contribution in [-0.4, -0.2) is 5.91 Å². The number of hydrogen-bond donors (Lipinski definition) is 1. The van der Waals surface area contributed by atoms with Crippen molar-refractivity contribution in [1.29, 1.82) is 0 Å². The van der Waals surface area contributed by atoms with Gasteiger partial charge in [-0.3, -0.25) is 4.79 Å². The molecular formula is C15H13BrFNO. The minimum Gasteiger partial charge on any atom is -0.326 e. The minimum absolute atomic E-state index is 0.118. The first-order valence-corrected chi connectivity index (χ1v) is 6.64. The van der Waals surface area contributed by atoms with E-state index in [2.05, 4.69) is 21.2 Å². The lowest BCUT2D eigenvalue weighted by molar-refractivity contribution is -0.115. The molecule has 0 saturated carbocycles. The van der Waals surface area contributed by atoms with Gasteiger partial charge in [-0.25, -0.2) is 4.39 Å². The lowest BCUT2D eigenvalue weighted by atomic mass is 10.1. The van der Waals surface area contributed by atoms with Crippen molar-refractivity contribution in [2.24, 2.45) is 0 Å². The first-order valence-electron chi connectivity index (χ1n) is 5.85. The van der Waals surface area contributed by atoms with E-state index < -0.39 is 0 Å². The first-order chi connectivity index (χ1) is 9.04. The molecule has 0 heterocycles. The van der Waals surface area contributed by atoms with Crippen LogP contribution >= 0.6 is 15.9 Å². The molecule has 0 spiro atoms. The second kappa shape index (κ2) is 5.97. The number of carbonyl (C=O) groups is 1. The molecule has 98 valence electrons. The van der Waals surface area contributed by atoms with Crippen molar-refractivity contribution < 1.29 is 9.18 Å². The normalized spacial score (nSPS) is 10.3. The van der Waals surface area contributed by atoms with Gasteiger partial charge in [0.15, 0.2) is 0 Å². The molecule has 0 saturated heterocycles. The lowest BCUT2D eigenvalue weighted by Crippen LogP contribution is -2.15. The molecule has 0 bridgehead atoms. The Bertz CT molecular complexity index is 596. The van der Waals surface area contributed by atoms with E-state index in [4.69, 9.17) is 0 Å². The monoisotopic (exact) mass is 321 g/mol. The molecule has 1 amide bonds. The van der Waals surface area contributed by atoms with Gasteiger partial charge in [-0.1, -0.05) is 34.1 Å². The van der Waals surface area contributed by atoms with Gasteiger partial charge in [0.25, 0.3) is 0 Å². The molecule has 0 unspecified atom stereocenters. The predicted molar refractivity (Wildman–Crippen MR) is 77.6 cm³/mol. The summed E-state index contributed by atoms with van der Waals surface area (Å²) in [6, 6.07) is 11.6. The van der Waals surface area contributed by atoms with E-state index >= 15 is 0 Å². The second-order valence-corrected chi connectivity index (χ2v) is 5.23. The number of benzene rings is 2. The van der Waals surface area contributed by atoms with Crippen molar-refractivity contribution in [1.82, 2.24) is 0 Å². The lowest BCUT2D eigenvalue weighted by Gasteiger charge is -2.09. The van der Waals surface area contributed by atoms with E-state index in [1.54, 1.807) is 12.1 Å². The number of halogens is 2. The van der Waals surface area contributed by atoms with Gasteiger partial charge in [-0.05, 0) is 42.3 Å². The highest BCUT2D eigenvalue weighted by Gasteiger charge is 2.06. The summed E-state index contributed by atoms with van der Waals surface area (Å²) in [6.07, 6.45) is 0.228. The van der Waals surface area contributed by atoms with Crippen LogP contribution in [0.1, 0.15) is 11.1 Å². The van der Waals surface area contributed by atoms with Gasteiger partial charge in [0.1, 0.15) is 5.82 Å². The average Bonchev–Trinajstić information content (AvgIpc) is 2.37. The van der Waals surface area contributed by atoms with Crippen molar-refractivity contribution in [2.75, 3.05) is 5.32 Å². The number of carbonyl (C=O) groups excluding carboxylic acids is 1. The summed E-state index contributed by atoms with van der Waals surface area (Å²) in [6.45, 7) is 1.93. The summed E-state index contributed by atoms with van der Waals surface area (Å²) in [4.78, 5) is 11.9. The van der Waals surface area contributed by atoms with Crippen molar-refractivity contribution in [3.8, 4) is 0 Å². The van der Waals surface area contributed by atoms with Gasteiger partial charge >= 0.3 is 0 Å². The van der Waals surface area contributed by atoms with Gasteiger partial charge in [-0.15, -0.1) is 0 Å². The van der Waals surface area contributed by atoms with E-state index in [-0.39, 0.29) is 18.1 Å². The van der Waals surface area contributed by atoms with Gasteiger partial charge in [-0.2, -0.15) is 0 Å². The van der Waals surface area contributed by atoms with Crippen molar-refractivity contribution >= 4 is 27.5 Å². The van der Waals surface area contributed by atoms with E-state index in [1.807, 2.05) is 25.1 Å². The van der Waals surface area contributed by atoms with Gasteiger partial charge < -0.3 is 5.32 Å². The zero-order valence-electron chi connectivity index (χ0n) is 10.4. The summed E-state index contributed by atoms with van der Waals surface area (Å²) in [5.74, 6) is -0.417. The van der Waals surface area contributed by atoms with Gasteiger partial charge in [0, 0.05) is 10.2 Å². The van der Waals surface area contributed by atoms with Gasteiger partial charge in [0.05, 0.1) is 6.42 Å². The van der Waals surface area contributed by atoms with Crippen LogP contribution in [0.25, 0.3) is 0 Å². The highest BCUT2D eigenvalue weighted by Crippen LogP contribution is 2.20. The summed E-state index contributed by atoms with van der Waals surface area (Å²) in [7, 11) is 0. The third-order valence-electron chi connectivity index (χ3n) is 2.75. The van der Waals surface area contributed by atoms with Crippen LogP contribution in [0.2, 0.25) is 0 Å². The van der Waals surface area contributed by atoms with Crippen molar-refractivity contribution in [2.45, 2.75) is 13.3 Å². The fourth-order valence-electron chi connectivity index (χ4n) is 1.71. The van der Waals surface area contributed by atoms with Crippen LogP contribution in [0.3, 0.4) is 0 Å². The Labute approximate surface area is 119 Å². The fourth-order valence-corrected chi connectivity index (χ4v) is 2.07. The molecule has 0 atom stereocenters. The minimum atomic E-state index is -0.299. The molecule has 0 aliphatic heterocycles. The number of anilines is 1. The number of aryl methyl sites for hydroxylation is 1. The SMILES string of the molecule is Cc1ccc(Br)cc1NC(=O)Cc1ccc(F)cc1. The summed E-state index contributed by atoms with van der Waals surface area (Å²) >= 11 is 3.37. The highest BCUT2D eigenvalue weighted by molar-refractivity contribution is 9.10. The Morgan fingerprint density at radius 3 is 2.58 bits per heavy atom. The van der Waals surface area contributed by atoms with E-state index in [1.165, 1.54) is 12.1 Å². The molecule has 4 heteroatoms. The molecule has 0 aliphatic rings. The van der Waals surface area contributed by atoms with Crippen LogP contribution in [-0.2, 0) is 11.2 Å². The van der Waals surface area contributed by atoms with Crippen LogP contribution in [0.15, 0.2) is 46.9 Å². The number of hydrogen-bond acceptors (Lipinski definition) is 1. The van der Waals surface area contributed by atoms with Crippen LogP contribution in [0.4, 0.5) is 10.1 Å². The summed E-state index contributed by atoms with van der Waals surface area (Å²) in [5.41, 5.74) is 2.56. The third-order valence-corrected chi connectivity index (χ3v) is 3.24. The Balaban J connectivity index is 2.05. The molecule has 2 aromatic carbocycles. The summed E-state index contributed by atoms with van der Waals surface area (Å²) in [5, 5.41) is 2.85. The number of nitrogens with one attached hydrogen (secondary N) is 1. The fraction of sp³-hybridized carbons (Fsp3) is 0.133. The summed E-state index contributed by atoms with van der Waals surface area (Å²) < 4.78 is 13.7. The van der Waals surface area contributed by atoms with Crippen molar-refractivity contribution in [3.05, 3.63) is 63.9 Å². The van der Waals surface area contributed by atoms with E-state index in [0.29, 0.717) is 0 Å². The topological polar surface area (TPSA) is 29.1 Å².